The molecule has 0 aromatic carbocycles. The Hall–Kier alpha value is -1.56. The molecule has 1 unspecified atom stereocenters. The van der Waals surface area contributed by atoms with E-state index in [1.54, 1.807) is 7.11 Å². The number of anilines is 1. The molecule has 1 aromatic heterocycles. The van der Waals surface area contributed by atoms with Gasteiger partial charge in [-0.15, -0.1) is 0 Å². The van der Waals surface area contributed by atoms with E-state index in [0.29, 0.717) is 18.2 Å². The summed E-state index contributed by atoms with van der Waals surface area (Å²) in [6.07, 6.45) is 1.91. The number of esters is 1. The fraction of sp³-hybridized carbons (Fsp3) is 0.667. The Morgan fingerprint density at radius 2 is 2.17 bits per heavy atom. The minimum Gasteiger partial charge on any atom is -0.464 e. The highest BCUT2D eigenvalue weighted by molar-refractivity contribution is 5.92. The Morgan fingerprint density at radius 1 is 1.50 bits per heavy atom. The van der Waals surface area contributed by atoms with Gasteiger partial charge in [-0.25, -0.2) is 9.78 Å². The van der Waals surface area contributed by atoms with Crippen LogP contribution in [0.3, 0.4) is 0 Å². The van der Waals surface area contributed by atoms with Crippen molar-refractivity contribution in [2.45, 2.75) is 32.7 Å². The maximum Gasteiger partial charge on any atom is 0.360 e. The largest absolute Gasteiger partial charge is 0.464 e. The number of ether oxygens (including phenoxy) is 2. The Kier molecular flexibility index (Phi) is 5.15. The molecule has 0 aliphatic heterocycles. The third kappa shape index (κ3) is 2.81. The molecular weight excluding hydrogens is 234 g/mol. The lowest BCUT2D eigenvalue weighted by Gasteiger charge is -2.20. The van der Waals surface area contributed by atoms with Gasteiger partial charge in [0.25, 0.3) is 0 Å². The second-order valence-corrected chi connectivity index (χ2v) is 4.15. The molecule has 6 nitrogen and oxygen atoms in total. The minimum absolute atomic E-state index is 0.0888. The molecule has 102 valence electrons. The van der Waals surface area contributed by atoms with Crippen LogP contribution in [0.4, 0.5) is 5.82 Å². The number of imidazole rings is 1. The number of nitrogen functional groups attached to an aromatic ring is 1. The predicted molar refractivity (Wildman–Crippen MR) is 68.5 cm³/mol. The maximum absolute atomic E-state index is 11.5. The van der Waals surface area contributed by atoms with E-state index in [4.69, 9.17) is 10.5 Å². The van der Waals surface area contributed by atoms with Crippen molar-refractivity contribution in [1.82, 2.24) is 9.55 Å². The molecule has 0 bridgehead atoms. The van der Waals surface area contributed by atoms with Crippen LogP contribution in [0.2, 0.25) is 0 Å². The Labute approximate surface area is 107 Å². The van der Waals surface area contributed by atoms with Crippen molar-refractivity contribution in [1.29, 1.82) is 0 Å². The number of aryl methyl sites for hydroxylation is 1. The average Bonchev–Trinajstić information content (AvgIpc) is 2.64. The van der Waals surface area contributed by atoms with Gasteiger partial charge in [-0.3, -0.25) is 0 Å². The smallest absolute Gasteiger partial charge is 0.360 e. The molecule has 0 fully saturated rings. The molecule has 18 heavy (non-hydrogen) atoms. The zero-order chi connectivity index (χ0) is 13.7. The van der Waals surface area contributed by atoms with Crippen molar-refractivity contribution >= 4 is 11.8 Å². The van der Waals surface area contributed by atoms with E-state index < -0.39 is 5.97 Å². The quantitative estimate of drug-likeness (QED) is 0.780. The van der Waals surface area contributed by atoms with Gasteiger partial charge in [0, 0.05) is 7.11 Å². The molecule has 2 N–H and O–H groups in total. The second-order valence-electron chi connectivity index (χ2n) is 4.15. The average molecular weight is 255 g/mol. The normalized spacial score (nSPS) is 12.4. The van der Waals surface area contributed by atoms with Crippen LogP contribution in [0.5, 0.6) is 0 Å². The van der Waals surface area contributed by atoms with Gasteiger partial charge in [-0.05, 0) is 13.3 Å². The molecule has 1 heterocycles. The summed E-state index contributed by atoms with van der Waals surface area (Å²) in [6, 6.07) is 0.0888. The molecule has 0 spiro atoms. The van der Waals surface area contributed by atoms with Crippen molar-refractivity contribution in [2.75, 3.05) is 26.6 Å². The van der Waals surface area contributed by atoms with Gasteiger partial charge < -0.3 is 19.8 Å². The van der Waals surface area contributed by atoms with Gasteiger partial charge in [0.1, 0.15) is 11.6 Å². The molecule has 1 aromatic rings. The van der Waals surface area contributed by atoms with Gasteiger partial charge >= 0.3 is 5.97 Å². The van der Waals surface area contributed by atoms with E-state index in [9.17, 15) is 4.79 Å². The summed E-state index contributed by atoms with van der Waals surface area (Å²) in [6.45, 7) is 4.45. The number of hydrogen-bond donors (Lipinski definition) is 1. The van der Waals surface area contributed by atoms with E-state index in [2.05, 4.69) is 16.6 Å². The third-order valence-electron chi connectivity index (χ3n) is 2.85. The molecule has 1 rings (SSSR count). The van der Waals surface area contributed by atoms with Gasteiger partial charge in [0.05, 0.1) is 19.8 Å². The van der Waals surface area contributed by atoms with Crippen molar-refractivity contribution in [3.63, 3.8) is 0 Å². The molecule has 0 aliphatic rings. The number of nitrogens with two attached hydrogens (primary N) is 1. The zero-order valence-electron chi connectivity index (χ0n) is 11.4. The number of carbonyl (C=O) groups excluding carboxylic acids is 1. The van der Waals surface area contributed by atoms with Gasteiger partial charge in [-0.1, -0.05) is 13.3 Å². The lowest BCUT2D eigenvalue weighted by molar-refractivity contribution is 0.0595. The SMILES string of the molecule is CCCC(COC)n1c(C)nc(C(=O)OC)c1N. The molecule has 0 amide bonds. The first-order valence-electron chi connectivity index (χ1n) is 5.98. The van der Waals surface area contributed by atoms with Gasteiger partial charge in [-0.2, -0.15) is 0 Å². The topological polar surface area (TPSA) is 79.4 Å². The number of rotatable bonds is 6. The van der Waals surface area contributed by atoms with E-state index in [0.717, 1.165) is 12.8 Å². The van der Waals surface area contributed by atoms with Crippen LogP contribution in [0.15, 0.2) is 0 Å². The number of nitrogens with zero attached hydrogens (tertiary/aromatic N) is 2. The Bertz CT molecular complexity index is 409. The molecule has 1 atom stereocenters. The van der Waals surface area contributed by atoms with Crippen molar-refractivity contribution in [3.8, 4) is 0 Å². The van der Waals surface area contributed by atoms with E-state index in [1.807, 2.05) is 11.5 Å². The second kappa shape index (κ2) is 6.39. The van der Waals surface area contributed by atoms with Crippen molar-refractivity contribution in [2.24, 2.45) is 0 Å². The molecule has 0 aliphatic carbocycles. The highest BCUT2D eigenvalue weighted by Gasteiger charge is 2.23. The van der Waals surface area contributed by atoms with E-state index >= 15 is 0 Å². The predicted octanol–water partition coefficient (Wildman–Crippen LogP) is 1.55. The number of carbonyl (C=O) groups is 1. The van der Waals surface area contributed by atoms with Crippen LogP contribution in [0.1, 0.15) is 42.1 Å². The van der Waals surface area contributed by atoms with Crippen LogP contribution in [-0.2, 0) is 9.47 Å². The Balaban J connectivity index is 3.14. The summed E-state index contributed by atoms with van der Waals surface area (Å²) in [7, 11) is 2.96. The van der Waals surface area contributed by atoms with Crippen LogP contribution in [-0.4, -0.2) is 36.3 Å². The zero-order valence-corrected chi connectivity index (χ0v) is 11.4. The summed E-state index contributed by atoms with van der Waals surface area (Å²) in [5.41, 5.74) is 6.16. The van der Waals surface area contributed by atoms with Crippen LogP contribution < -0.4 is 5.73 Å². The van der Waals surface area contributed by atoms with Crippen molar-refractivity contribution in [3.05, 3.63) is 11.5 Å². The molecule has 0 saturated heterocycles. The van der Waals surface area contributed by atoms with E-state index in [-0.39, 0.29) is 11.7 Å². The van der Waals surface area contributed by atoms with Crippen LogP contribution in [0.25, 0.3) is 0 Å². The van der Waals surface area contributed by atoms with Gasteiger partial charge in [0.2, 0.25) is 0 Å². The lowest BCUT2D eigenvalue weighted by atomic mass is 10.1. The fourth-order valence-corrected chi connectivity index (χ4v) is 2.08. The molecule has 6 heteroatoms. The molecule has 0 saturated carbocycles. The van der Waals surface area contributed by atoms with Crippen LogP contribution >= 0.6 is 0 Å². The summed E-state index contributed by atoms with van der Waals surface area (Å²) >= 11 is 0. The monoisotopic (exact) mass is 255 g/mol. The standard InChI is InChI=1S/C12H21N3O3/c1-5-6-9(7-17-3)15-8(2)14-10(11(15)13)12(16)18-4/h9H,5-7,13H2,1-4H3. The lowest BCUT2D eigenvalue weighted by Crippen LogP contribution is -2.18. The summed E-state index contributed by atoms with van der Waals surface area (Å²) in [5.74, 6) is 0.528. The summed E-state index contributed by atoms with van der Waals surface area (Å²) in [5, 5.41) is 0. The summed E-state index contributed by atoms with van der Waals surface area (Å²) < 4.78 is 11.7. The highest BCUT2D eigenvalue weighted by Crippen LogP contribution is 2.24. The molecular formula is C12H21N3O3. The van der Waals surface area contributed by atoms with Crippen LogP contribution in [0, 0.1) is 6.92 Å². The first-order chi connectivity index (χ1) is 8.56. The third-order valence-corrected chi connectivity index (χ3v) is 2.85. The molecule has 0 radical (unpaired) electrons. The Morgan fingerprint density at radius 3 is 2.67 bits per heavy atom. The number of hydrogen-bond acceptors (Lipinski definition) is 5. The van der Waals surface area contributed by atoms with Crippen molar-refractivity contribution < 1.29 is 14.3 Å². The first kappa shape index (κ1) is 14.5. The van der Waals surface area contributed by atoms with Gasteiger partial charge in [0.15, 0.2) is 5.69 Å². The highest BCUT2D eigenvalue weighted by atomic mass is 16.5. The summed E-state index contributed by atoms with van der Waals surface area (Å²) in [4.78, 5) is 15.7. The minimum atomic E-state index is -0.512. The number of methoxy groups -OCH3 is 2. The first-order valence-corrected chi connectivity index (χ1v) is 5.98. The number of aromatic nitrogens is 2. The maximum atomic E-state index is 11.5. The van der Waals surface area contributed by atoms with E-state index in [1.165, 1.54) is 7.11 Å². The fourth-order valence-electron chi connectivity index (χ4n) is 2.08.